The summed E-state index contributed by atoms with van der Waals surface area (Å²) >= 11 is 0. The van der Waals surface area contributed by atoms with Gasteiger partial charge in [-0.1, -0.05) is 17.9 Å². The van der Waals surface area contributed by atoms with Gasteiger partial charge in [-0.3, -0.25) is 9.24 Å². The van der Waals surface area contributed by atoms with Gasteiger partial charge in [0.25, 0.3) is 0 Å². The lowest BCUT2D eigenvalue weighted by Gasteiger charge is -2.13. The van der Waals surface area contributed by atoms with Gasteiger partial charge in [-0.05, 0) is 14.1 Å². The van der Waals surface area contributed by atoms with Crippen LogP contribution >= 0.6 is 24.5 Å². The fourth-order valence-corrected chi connectivity index (χ4v) is 0. The number of hydrogen-bond acceptors (Lipinski definition) is 1. The van der Waals surface area contributed by atoms with Crippen LogP contribution in [0.4, 0.5) is 0 Å². The molecule has 0 bridgehead atoms. The van der Waals surface area contributed by atoms with Crippen molar-refractivity contribution in [1.29, 1.82) is 0 Å². The van der Waals surface area contributed by atoms with Gasteiger partial charge in [-0.15, -0.1) is 0 Å². The molecular weight excluding hydrogens is 147 g/mol. The Morgan fingerprint density at radius 2 is 1.57 bits per heavy atom. The van der Waals surface area contributed by atoms with Gasteiger partial charge >= 0.3 is 0 Å². The molecule has 0 aromatic heterocycles. The van der Waals surface area contributed by atoms with Crippen LogP contribution in [0.25, 0.3) is 0 Å². The van der Waals surface area contributed by atoms with Gasteiger partial charge in [-0.25, -0.2) is 0 Å². The number of nitrogens with zero attached hydrogens (tertiary/aromatic N) is 1. The van der Waals surface area contributed by atoms with Gasteiger partial charge in [0.15, 0.2) is 6.67 Å². The maximum atomic E-state index is 10.8. The molecule has 0 N–H and O–H groups in total. The second kappa shape index (κ2) is 2.55. The molecule has 0 saturated carbocycles. The van der Waals surface area contributed by atoms with Crippen molar-refractivity contribution in [3.63, 3.8) is 0 Å². The molecule has 0 aromatic carbocycles. The molecule has 0 aliphatic heterocycles. The molecule has 2 atom stereocenters. The van der Waals surface area contributed by atoms with Crippen LogP contribution in [0.1, 0.15) is 0 Å². The Labute approximate surface area is 48.7 Å². The van der Waals surface area contributed by atoms with E-state index in [-0.39, 0.29) is 0 Å². The summed E-state index contributed by atoms with van der Waals surface area (Å²) in [5.74, 6) is 0. The first kappa shape index (κ1) is 8.05. The number of rotatable bonds is 1. The molecule has 2 unspecified atom stereocenters. The quantitative estimate of drug-likeness (QED) is 0.536. The predicted octanol–water partition coefficient (Wildman–Crippen LogP) is 1.41. The van der Waals surface area contributed by atoms with Crippen LogP contribution in [0.5, 0.6) is 0 Å². The lowest BCUT2D eigenvalue weighted by atomic mass is 11.3. The van der Waals surface area contributed by atoms with Crippen LogP contribution in [0, 0.1) is 0 Å². The Morgan fingerprint density at radius 3 is 1.57 bits per heavy atom. The van der Waals surface area contributed by atoms with Crippen molar-refractivity contribution in [2.24, 2.45) is 0 Å². The highest BCUT2D eigenvalue weighted by Crippen LogP contribution is 2.63. The Hall–Kier alpha value is 1.05. The lowest BCUT2D eigenvalue weighted by Crippen LogP contribution is -1.98. The van der Waals surface area contributed by atoms with E-state index in [2.05, 4.69) is 17.9 Å². The van der Waals surface area contributed by atoms with Gasteiger partial charge in [0.1, 0.15) is 0 Å². The molecule has 0 radical (unpaired) electrons. The average Bonchev–Trinajstić information content (AvgIpc) is 1.31. The molecule has 7 heavy (non-hydrogen) atoms. The summed E-state index contributed by atoms with van der Waals surface area (Å²) in [6.45, 7) is -2.07. The van der Waals surface area contributed by atoms with Crippen molar-refractivity contribution >= 4 is 24.5 Å². The number of hydrogen-bond donors (Lipinski definition) is 0. The minimum Gasteiger partial charge on any atom is -0.298 e. The third kappa shape index (κ3) is 3.62. The highest BCUT2D eigenvalue weighted by molar-refractivity contribution is 8.45. The van der Waals surface area contributed by atoms with Gasteiger partial charge in [0.05, 0.1) is 0 Å². The first-order chi connectivity index (χ1) is 2.94. The van der Waals surface area contributed by atoms with Crippen LogP contribution < -0.4 is 0 Å². The standard InChI is InChI=1S/C2H10NOP3/c1-3(2)7(4,5)6/h5-6H2,1-2H3. The maximum absolute atomic E-state index is 10.8. The summed E-state index contributed by atoms with van der Waals surface area (Å²) in [7, 11) is 8.11. The SMILES string of the molecule is CN(C)P(=O)(P)P. The second-order valence-corrected chi connectivity index (χ2v) is 9.89. The van der Waals surface area contributed by atoms with E-state index < -0.39 is 6.67 Å². The predicted molar refractivity (Wildman–Crippen MR) is 40.7 cm³/mol. The summed E-state index contributed by atoms with van der Waals surface area (Å²) in [6, 6.07) is 0. The van der Waals surface area contributed by atoms with E-state index in [9.17, 15) is 4.57 Å². The van der Waals surface area contributed by atoms with Crippen molar-refractivity contribution in [2.45, 2.75) is 0 Å². The van der Waals surface area contributed by atoms with E-state index in [0.717, 1.165) is 0 Å². The zero-order valence-corrected chi connectivity index (χ0v) is 7.66. The lowest BCUT2D eigenvalue weighted by molar-refractivity contribution is 0.544. The van der Waals surface area contributed by atoms with Crippen molar-refractivity contribution in [1.82, 2.24) is 4.67 Å². The molecule has 0 amide bonds. The Balaban J connectivity index is 3.80. The molecule has 5 heteroatoms. The molecule has 0 aliphatic rings. The second-order valence-electron chi connectivity index (χ2n) is 1.52. The van der Waals surface area contributed by atoms with E-state index >= 15 is 0 Å². The Morgan fingerprint density at radius 1 is 1.43 bits per heavy atom. The largest absolute Gasteiger partial charge is 0.298 e. The normalized spacial score (nSPS) is 12.7. The summed E-state index contributed by atoms with van der Waals surface area (Å²) in [6.07, 6.45) is 0. The first-order valence-electron chi connectivity index (χ1n) is 1.79. The summed E-state index contributed by atoms with van der Waals surface area (Å²) in [4.78, 5) is 0. The third-order valence-corrected chi connectivity index (χ3v) is 4.65. The molecule has 2 nitrogen and oxygen atoms in total. The topological polar surface area (TPSA) is 20.3 Å². The molecule has 44 valence electrons. The minimum atomic E-state index is -2.07. The van der Waals surface area contributed by atoms with Crippen LogP contribution in [-0.4, -0.2) is 18.8 Å². The summed E-state index contributed by atoms with van der Waals surface area (Å²) in [5.41, 5.74) is 0. The monoisotopic (exact) mass is 157 g/mol. The molecule has 0 rings (SSSR count). The van der Waals surface area contributed by atoms with E-state index in [0.29, 0.717) is 0 Å². The highest BCUT2D eigenvalue weighted by atomic mass is 32.4. The molecule has 0 fully saturated rings. The van der Waals surface area contributed by atoms with Gasteiger partial charge < -0.3 is 0 Å². The summed E-state index contributed by atoms with van der Waals surface area (Å²) in [5, 5.41) is 0. The molecule has 0 saturated heterocycles. The van der Waals surface area contributed by atoms with Crippen LogP contribution in [0.15, 0.2) is 0 Å². The molecule has 0 aromatic rings. The van der Waals surface area contributed by atoms with E-state index in [1.807, 2.05) is 0 Å². The zero-order chi connectivity index (χ0) is 6.08. The Bertz CT molecular complexity index is 95.1. The fraction of sp³-hybridized carbons (Fsp3) is 1.00. The average molecular weight is 157 g/mol. The van der Waals surface area contributed by atoms with Crippen LogP contribution in [0.3, 0.4) is 0 Å². The molecule has 0 spiro atoms. The maximum Gasteiger partial charge on any atom is 0.176 e. The van der Waals surface area contributed by atoms with Crippen molar-refractivity contribution in [3.8, 4) is 0 Å². The smallest absolute Gasteiger partial charge is 0.176 e. The molecule has 0 aliphatic carbocycles. The Kier molecular flexibility index (Phi) is 2.94. The van der Waals surface area contributed by atoms with Gasteiger partial charge in [-0.2, -0.15) is 0 Å². The van der Waals surface area contributed by atoms with Crippen LogP contribution in [-0.2, 0) is 4.57 Å². The third-order valence-electron chi connectivity index (χ3n) is 0.625. The van der Waals surface area contributed by atoms with E-state index in [1.165, 1.54) is 0 Å². The van der Waals surface area contributed by atoms with Gasteiger partial charge in [0, 0.05) is 0 Å². The minimum absolute atomic E-state index is 1.67. The first-order valence-corrected chi connectivity index (χ1v) is 6.69. The highest BCUT2D eigenvalue weighted by Gasteiger charge is 2.07. The van der Waals surface area contributed by atoms with E-state index in [1.54, 1.807) is 18.8 Å². The van der Waals surface area contributed by atoms with Crippen LogP contribution in [0.2, 0.25) is 0 Å². The molecular formula is C2H10NOP3. The van der Waals surface area contributed by atoms with E-state index in [4.69, 9.17) is 0 Å². The summed E-state index contributed by atoms with van der Waals surface area (Å²) < 4.78 is 12.4. The fourth-order valence-electron chi connectivity index (χ4n) is 0. The van der Waals surface area contributed by atoms with Gasteiger partial charge in [0.2, 0.25) is 0 Å². The van der Waals surface area contributed by atoms with Crippen molar-refractivity contribution in [3.05, 3.63) is 0 Å². The zero-order valence-electron chi connectivity index (χ0n) is 4.46. The molecule has 0 heterocycles. The van der Waals surface area contributed by atoms with Crippen molar-refractivity contribution in [2.75, 3.05) is 14.1 Å². The van der Waals surface area contributed by atoms with Crippen molar-refractivity contribution < 1.29 is 4.57 Å².